The highest BCUT2D eigenvalue weighted by Crippen LogP contribution is 2.40. The number of fused-ring (bicyclic) bond motifs is 3. The van der Waals surface area contributed by atoms with E-state index in [0.717, 1.165) is 60.6 Å². The molecule has 11 heteroatoms. The van der Waals surface area contributed by atoms with Crippen molar-refractivity contribution in [1.29, 1.82) is 0 Å². The Kier molecular flexibility index (Phi) is 8.96. The van der Waals surface area contributed by atoms with Crippen LogP contribution in [-0.2, 0) is 31.2 Å². The van der Waals surface area contributed by atoms with Crippen molar-refractivity contribution in [2.24, 2.45) is 12.5 Å². The van der Waals surface area contributed by atoms with Crippen molar-refractivity contribution >= 4 is 35.0 Å². The van der Waals surface area contributed by atoms with Crippen molar-refractivity contribution in [2.45, 2.75) is 53.5 Å². The van der Waals surface area contributed by atoms with Crippen LogP contribution in [0.2, 0.25) is 0 Å². The molecule has 2 N–H and O–H groups in total. The number of carbonyl (C=O) groups is 2. The van der Waals surface area contributed by atoms with E-state index in [2.05, 4.69) is 58.5 Å². The summed E-state index contributed by atoms with van der Waals surface area (Å²) in [5, 5.41) is 6.06. The molecule has 0 saturated carbocycles. The highest BCUT2D eigenvalue weighted by atomic mass is 16.2. The van der Waals surface area contributed by atoms with Crippen LogP contribution in [0.1, 0.15) is 54.5 Å². The number of anilines is 4. The van der Waals surface area contributed by atoms with Crippen LogP contribution in [0.4, 0.5) is 23.1 Å². The first-order valence-corrected chi connectivity index (χ1v) is 16.6. The zero-order valence-electron chi connectivity index (χ0n) is 28.5. The standard InChI is InChI=1S/C37H44N8O3/c1-7-15-43(16-14-38-33(46)8-2)32-11-9-10-31(41-32)40-28-19-26(23-42(6)35(28)47)27-12-13-39-34(24(27)3)45-18-17-44-29(36(45)48)20-25-21-37(4,5)22-30(25)44/h8-13,19-20,23H,2,7,14-18,21-22H2,1,3-6H3,(H,38,46)(H,40,41). The van der Waals surface area contributed by atoms with Gasteiger partial charge in [-0.2, -0.15) is 0 Å². The smallest absolute Gasteiger partial charge is 0.276 e. The lowest BCUT2D eigenvalue weighted by molar-refractivity contribution is -0.116. The van der Waals surface area contributed by atoms with Crippen molar-refractivity contribution in [2.75, 3.05) is 41.3 Å². The first-order valence-electron chi connectivity index (χ1n) is 16.6. The molecule has 5 heterocycles. The van der Waals surface area contributed by atoms with Gasteiger partial charge in [0.25, 0.3) is 11.5 Å². The van der Waals surface area contributed by atoms with Gasteiger partial charge in [0.1, 0.15) is 28.8 Å². The van der Waals surface area contributed by atoms with Gasteiger partial charge in [-0.15, -0.1) is 0 Å². The Balaban J connectivity index is 1.26. The second-order valence-electron chi connectivity index (χ2n) is 13.5. The molecule has 6 rings (SSSR count). The topological polar surface area (TPSA) is 117 Å². The Morgan fingerprint density at radius 1 is 1.12 bits per heavy atom. The van der Waals surface area contributed by atoms with E-state index < -0.39 is 0 Å². The quantitative estimate of drug-likeness (QED) is 0.220. The van der Waals surface area contributed by atoms with Crippen LogP contribution in [0.25, 0.3) is 11.1 Å². The average Bonchev–Trinajstić information content (AvgIpc) is 3.55. The Bertz CT molecular complexity index is 1960. The van der Waals surface area contributed by atoms with Crippen LogP contribution in [0, 0.1) is 12.3 Å². The van der Waals surface area contributed by atoms with Gasteiger partial charge in [-0.1, -0.05) is 33.4 Å². The van der Waals surface area contributed by atoms with Gasteiger partial charge in [-0.05, 0) is 84.7 Å². The van der Waals surface area contributed by atoms with Gasteiger partial charge in [0.05, 0.1) is 0 Å². The van der Waals surface area contributed by atoms with Gasteiger partial charge in [-0.25, -0.2) is 9.97 Å². The van der Waals surface area contributed by atoms with Crippen LogP contribution in [-0.4, -0.2) is 57.1 Å². The summed E-state index contributed by atoms with van der Waals surface area (Å²) in [6.45, 7) is 15.2. The molecule has 2 amide bonds. The summed E-state index contributed by atoms with van der Waals surface area (Å²) in [6, 6.07) is 11.5. The normalized spacial score (nSPS) is 14.8. The maximum Gasteiger partial charge on any atom is 0.276 e. The van der Waals surface area contributed by atoms with Gasteiger partial charge in [0, 0.05) is 63.4 Å². The van der Waals surface area contributed by atoms with Crippen LogP contribution >= 0.6 is 0 Å². The highest BCUT2D eigenvalue weighted by Gasteiger charge is 2.37. The average molecular weight is 649 g/mol. The molecular weight excluding hydrogens is 604 g/mol. The number of pyridine rings is 3. The summed E-state index contributed by atoms with van der Waals surface area (Å²) in [5.74, 6) is 1.65. The van der Waals surface area contributed by atoms with Crippen molar-refractivity contribution in [3.8, 4) is 11.1 Å². The molecule has 0 unspecified atom stereocenters. The molecule has 250 valence electrons. The monoisotopic (exact) mass is 648 g/mol. The molecule has 48 heavy (non-hydrogen) atoms. The van der Waals surface area contributed by atoms with E-state index in [0.29, 0.717) is 37.0 Å². The molecule has 0 bridgehead atoms. The number of rotatable bonds is 11. The van der Waals surface area contributed by atoms with Gasteiger partial charge in [-0.3, -0.25) is 19.3 Å². The number of nitrogens with one attached hydrogen (secondary N) is 2. The van der Waals surface area contributed by atoms with Gasteiger partial charge in [0.2, 0.25) is 5.91 Å². The van der Waals surface area contributed by atoms with E-state index in [1.807, 2.05) is 37.3 Å². The minimum absolute atomic E-state index is 0.0322. The fourth-order valence-electron chi connectivity index (χ4n) is 6.98. The first-order chi connectivity index (χ1) is 23.0. The SMILES string of the molecule is C=CC(=O)NCCN(CCC)c1cccc(Nc2cc(-c3ccnc(N4CCn5c(cc6c5CC(C)(C)C6)C4=O)c3C)cn(C)c2=O)n1. The van der Waals surface area contributed by atoms with Crippen molar-refractivity contribution in [1.82, 2.24) is 24.4 Å². The number of amides is 2. The molecule has 0 atom stereocenters. The Labute approximate surface area is 281 Å². The molecule has 11 nitrogen and oxygen atoms in total. The molecule has 2 aliphatic rings. The number of hydrogen-bond acceptors (Lipinski definition) is 7. The number of hydrogen-bond donors (Lipinski definition) is 2. The fraction of sp³-hybridized carbons (Fsp3) is 0.378. The highest BCUT2D eigenvalue weighted by molar-refractivity contribution is 6.06. The molecule has 4 aromatic rings. The number of aryl methyl sites for hydroxylation is 1. The molecule has 4 aromatic heterocycles. The lowest BCUT2D eigenvalue weighted by atomic mass is 9.90. The van der Waals surface area contributed by atoms with Gasteiger partial charge >= 0.3 is 0 Å². The van der Waals surface area contributed by atoms with Crippen LogP contribution in [0.5, 0.6) is 0 Å². The summed E-state index contributed by atoms with van der Waals surface area (Å²) in [6.07, 6.45) is 7.66. The predicted octanol–water partition coefficient (Wildman–Crippen LogP) is 5.00. The number of nitrogens with zero attached hydrogens (tertiary/aromatic N) is 6. The zero-order chi connectivity index (χ0) is 34.2. The Morgan fingerprint density at radius 2 is 1.94 bits per heavy atom. The lowest BCUT2D eigenvalue weighted by Crippen LogP contribution is -2.41. The zero-order valence-corrected chi connectivity index (χ0v) is 28.5. The third-order valence-corrected chi connectivity index (χ3v) is 9.23. The minimum atomic E-state index is -0.216. The lowest BCUT2D eigenvalue weighted by Gasteiger charge is -2.30. The van der Waals surface area contributed by atoms with Crippen LogP contribution < -0.4 is 26.0 Å². The van der Waals surface area contributed by atoms with E-state index in [4.69, 9.17) is 4.98 Å². The third kappa shape index (κ3) is 6.36. The number of carbonyl (C=O) groups excluding carboxylic acids is 2. The fourth-order valence-corrected chi connectivity index (χ4v) is 6.98. The summed E-state index contributed by atoms with van der Waals surface area (Å²) >= 11 is 0. The molecule has 1 aliphatic carbocycles. The van der Waals surface area contributed by atoms with Crippen molar-refractivity contribution < 1.29 is 9.59 Å². The van der Waals surface area contributed by atoms with E-state index in [9.17, 15) is 14.4 Å². The largest absolute Gasteiger partial charge is 0.355 e. The maximum absolute atomic E-state index is 13.8. The molecule has 0 spiro atoms. The second-order valence-corrected chi connectivity index (χ2v) is 13.5. The van der Waals surface area contributed by atoms with E-state index >= 15 is 0 Å². The summed E-state index contributed by atoms with van der Waals surface area (Å²) in [4.78, 5) is 52.1. The molecule has 0 radical (unpaired) electrons. The predicted molar refractivity (Wildman–Crippen MR) is 190 cm³/mol. The summed E-state index contributed by atoms with van der Waals surface area (Å²) in [5.41, 5.74) is 6.28. The van der Waals surface area contributed by atoms with E-state index in [1.54, 1.807) is 28.9 Å². The van der Waals surface area contributed by atoms with E-state index in [1.165, 1.54) is 17.3 Å². The van der Waals surface area contributed by atoms with Crippen molar-refractivity contribution in [3.05, 3.63) is 94.3 Å². The van der Waals surface area contributed by atoms with Crippen molar-refractivity contribution in [3.63, 3.8) is 0 Å². The first kappa shape index (κ1) is 32.7. The van der Waals surface area contributed by atoms with Crippen LogP contribution in [0.15, 0.2) is 66.2 Å². The molecule has 1 aliphatic heterocycles. The van der Waals surface area contributed by atoms with Gasteiger partial charge in [0.15, 0.2) is 0 Å². The number of aromatic nitrogens is 4. The molecule has 0 fully saturated rings. The summed E-state index contributed by atoms with van der Waals surface area (Å²) < 4.78 is 3.76. The maximum atomic E-state index is 13.8. The van der Waals surface area contributed by atoms with Crippen LogP contribution in [0.3, 0.4) is 0 Å². The minimum Gasteiger partial charge on any atom is -0.355 e. The summed E-state index contributed by atoms with van der Waals surface area (Å²) in [7, 11) is 1.72. The molecule has 0 saturated heterocycles. The van der Waals surface area contributed by atoms with E-state index in [-0.39, 0.29) is 22.8 Å². The second kappa shape index (κ2) is 13.1. The molecular formula is C37H44N8O3. The third-order valence-electron chi connectivity index (χ3n) is 9.23. The Hall–Kier alpha value is -5.19. The Morgan fingerprint density at radius 3 is 2.71 bits per heavy atom. The molecule has 0 aromatic carbocycles. The van der Waals surface area contributed by atoms with Gasteiger partial charge < -0.3 is 24.7 Å².